The first kappa shape index (κ1) is 14.1. The molecular formula is C15H19N3O2. The van der Waals surface area contributed by atoms with Gasteiger partial charge in [0.2, 0.25) is 5.89 Å². The van der Waals surface area contributed by atoms with E-state index < -0.39 is 0 Å². The van der Waals surface area contributed by atoms with Gasteiger partial charge < -0.3 is 15.1 Å². The summed E-state index contributed by atoms with van der Waals surface area (Å²) in [5, 5.41) is 5.88. The van der Waals surface area contributed by atoms with Crippen molar-refractivity contribution in [1.29, 1.82) is 0 Å². The summed E-state index contributed by atoms with van der Waals surface area (Å²) >= 11 is 0. The van der Waals surface area contributed by atoms with Gasteiger partial charge in [0, 0.05) is 18.3 Å². The van der Waals surface area contributed by atoms with E-state index in [2.05, 4.69) is 15.6 Å². The molecule has 5 nitrogen and oxygen atoms in total. The van der Waals surface area contributed by atoms with Crippen molar-refractivity contribution < 1.29 is 9.21 Å². The van der Waals surface area contributed by atoms with Crippen molar-refractivity contribution in [2.75, 3.05) is 12.4 Å². The number of anilines is 1. The van der Waals surface area contributed by atoms with Crippen molar-refractivity contribution in [2.24, 2.45) is 0 Å². The number of carbonyl (C=O) groups is 1. The third-order valence-electron chi connectivity index (χ3n) is 3.23. The predicted octanol–water partition coefficient (Wildman–Crippen LogP) is 2.57. The van der Waals surface area contributed by atoms with E-state index in [1.165, 1.54) is 0 Å². The van der Waals surface area contributed by atoms with Crippen LogP contribution in [0.3, 0.4) is 0 Å². The fourth-order valence-electron chi connectivity index (χ4n) is 1.96. The van der Waals surface area contributed by atoms with Crippen molar-refractivity contribution in [3.8, 4) is 0 Å². The molecule has 1 aromatic heterocycles. The van der Waals surface area contributed by atoms with E-state index in [0.29, 0.717) is 18.0 Å². The van der Waals surface area contributed by atoms with E-state index in [1.54, 1.807) is 6.07 Å². The molecule has 0 aliphatic heterocycles. The highest BCUT2D eigenvalue weighted by Crippen LogP contribution is 2.16. The van der Waals surface area contributed by atoms with Crippen LogP contribution in [0.2, 0.25) is 0 Å². The molecule has 0 unspecified atom stereocenters. The normalized spacial score (nSPS) is 10.4. The van der Waals surface area contributed by atoms with E-state index in [4.69, 9.17) is 4.42 Å². The monoisotopic (exact) mass is 273 g/mol. The van der Waals surface area contributed by atoms with Gasteiger partial charge in [-0.25, -0.2) is 4.98 Å². The molecule has 0 saturated heterocycles. The minimum absolute atomic E-state index is 0.135. The first-order valence-corrected chi connectivity index (χ1v) is 6.50. The number of benzene rings is 1. The molecule has 0 fully saturated rings. The lowest BCUT2D eigenvalue weighted by Crippen LogP contribution is -2.23. The molecule has 0 bridgehead atoms. The highest BCUT2D eigenvalue weighted by Gasteiger charge is 2.10. The number of amides is 1. The van der Waals surface area contributed by atoms with Crippen LogP contribution in [0.25, 0.3) is 0 Å². The predicted molar refractivity (Wildman–Crippen MR) is 77.9 cm³/mol. The number of nitrogens with zero attached hydrogens (tertiary/aromatic N) is 1. The summed E-state index contributed by atoms with van der Waals surface area (Å²) in [6.45, 7) is 5.99. The van der Waals surface area contributed by atoms with Crippen molar-refractivity contribution in [2.45, 2.75) is 27.3 Å². The minimum atomic E-state index is -0.135. The van der Waals surface area contributed by atoms with E-state index in [0.717, 1.165) is 22.7 Å². The standard InChI is InChI=1S/C15H19N3O2/c1-9-7-12(5-6-13(9)16-4)15(19)17-8-14-18-10(2)11(3)20-14/h5-7,16H,8H2,1-4H3,(H,17,19). The average molecular weight is 273 g/mol. The molecular weight excluding hydrogens is 254 g/mol. The number of aromatic nitrogens is 1. The molecule has 2 N–H and O–H groups in total. The quantitative estimate of drug-likeness (QED) is 0.898. The number of hydrogen-bond acceptors (Lipinski definition) is 4. The molecule has 0 aliphatic rings. The average Bonchev–Trinajstić information content (AvgIpc) is 2.75. The molecule has 2 aromatic rings. The Morgan fingerprint density at radius 3 is 2.60 bits per heavy atom. The number of nitrogens with one attached hydrogen (secondary N) is 2. The second-order valence-electron chi connectivity index (χ2n) is 4.71. The fourth-order valence-corrected chi connectivity index (χ4v) is 1.96. The maximum atomic E-state index is 12.1. The number of carbonyl (C=O) groups excluding carboxylic acids is 1. The summed E-state index contributed by atoms with van der Waals surface area (Å²) in [4.78, 5) is 16.3. The van der Waals surface area contributed by atoms with Crippen LogP contribution in [0.15, 0.2) is 22.6 Å². The third kappa shape index (κ3) is 2.99. The summed E-state index contributed by atoms with van der Waals surface area (Å²) in [5.74, 6) is 1.17. The molecule has 2 rings (SSSR count). The van der Waals surface area contributed by atoms with Gasteiger partial charge in [-0.3, -0.25) is 4.79 Å². The maximum absolute atomic E-state index is 12.1. The maximum Gasteiger partial charge on any atom is 0.251 e. The molecule has 0 radical (unpaired) electrons. The van der Waals surface area contributed by atoms with Gasteiger partial charge >= 0.3 is 0 Å². The van der Waals surface area contributed by atoms with Gasteiger partial charge in [0.25, 0.3) is 5.91 Å². The SMILES string of the molecule is CNc1ccc(C(=O)NCc2nc(C)c(C)o2)cc1C. The highest BCUT2D eigenvalue weighted by molar-refractivity contribution is 5.94. The molecule has 0 spiro atoms. The van der Waals surface area contributed by atoms with Crippen LogP contribution in [0, 0.1) is 20.8 Å². The van der Waals surface area contributed by atoms with Crippen LogP contribution in [0.5, 0.6) is 0 Å². The summed E-state index contributed by atoms with van der Waals surface area (Å²) < 4.78 is 5.42. The molecule has 1 aromatic carbocycles. The van der Waals surface area contributed by atoms with Gasteiger partial charge in [-0.15, -0.1) is 0 Å². The van der Waals surface area contributed by atoms with Crippen LogP contribution < -0.4 is 10.6 Å². The first-order chi connectivity index (χ1) is 9.51. The second kappa shape index (κ2) is 5.77. The lowest BCUT2D eigenvalue weighted by atomic mass is 10.1. The minimum Gasteiger partial charge on any atom is -0.444 e. The van der Waals surface area contributed by atoms with E-state index in [1.807, 2.05) is 40.0 Å². The van der Waals surface area contributed by atoms with Crippen molar-refractivity contribution >= 4 is 11.6 Å². The third-order valence-corrected chi connectivity index (χ3v) is 3.23. The van der Waals surface area contributed by atoms with Crippen molar-refractivity contribution in [1.82, 2.24) is 10.3 Å². The molecule has 0 saturated carbocycles. The lowest BCUT2D eigenvalue weighted by Gasteiger charge is -2.08. The molecule has 20 heavy (non-hydrogen) atoms. The molecule has 0 aliphatic carbocycles. The Balaban J connectivity index is 2.03. The van der Waals surface area contributed by atoms with Crippen LogP contribution in [-0.4, -0.2) is 17.9 Å². The first-order valence-electron chi connectivity index (χ1n) is 6.50. The summed E-state index contributed by atoms with van der Waals surface area (Å²) in [6, 6.07) is 5.54. The van der Waals surface area contributed by atoms with Crippen LogP contribution >= 0.6 is 0 Å². The molecule has 1 heterocycles. The molecule has 106 valence electrons. The van der Waals surface area contributed by atoms with Gasteiger partial charge in [0.15, 0.2) is 0 Å². The Morgan fingerprint density at radius 1 is 1.30 bits per heavy atom. The largest absolute Gasteiger partial charge is 0.444 e. The summed E-state index contributed by atoms with van der Waals surface area (Å²) in [6.07, 6.45) is 0. The van der Waals surface area contributed by atoms with Gasteiger partial charge in [0.05, 0.1) is 12.2 Å². The van der Waals surface area contributed by atoms with Crippen LogP contribution in [-0.2, 0) is 6.54 Å². The van der Waals surface area contributed by atoms with E-state index in [9.17, 15) is 4.79 Å². The smallest absolute Gasteiger partial charge is 0.251 e. The summed E-state index contributed by atoms with van der Waals surface area (Å²) in [5.41, 5.74) is 3.52. The Kier molecular flexibility index (Phi) is 4.08. The Morgan fingerprint density at radius 2 is 2.05 bits per heavy atom. The number of aryl methyl sites for hydroxylation is 3. The van der Waals surface area contributed by atoms with Crippen LogP contribution in [0.4, 0.5) is 5.69 Å². The zero-order valence-electron chi connectivity index (χ0n) is 12.2. The topological polar surface area (TPSA) is 67.2 Å². The van der Waals surface area contributed by atoms with Gasteiger partial charge in [-0.05, 0) is 44.5 Å². The van der Waals surface area contributed by atoms with Crippen LogP contribution in [0.1, 0.15) is 33.3 Å². The van der Waals surface area contributed by atoms with E-state index >= 15 is 0 Å². The molecule has 5 heteroatoms. The fraction of sp³-hybridized carbons (Fsp3) is 0.333. The number of oxazole rings is 1. The number of hydrogen-bond donors (Lipinski definition) is 2. The van der Waals surface area contributed by atoms with Gasteiger partial charge in [-0.2, -0.15) is 0 Å². The highest BCUT2D eigenvalue weighted by atomic mass is 16.4. The molecule has 0 atom stereocenters. The Hall–Kier alpha value is -2.30. The second-order valence-corrected chi connectivity index (χ2v) is 4.71. The number of rotatable bonds is 4. The van der Waals surface area contributed by atoms with Gasteiger partial charge in [-0.1, -0.05) is 0 Å². The van der Waals surface area contributed by atoms with Crippen molar-refractivity contribution in [3.05, 3.63) is 46.7 Å². The Labute approximate surface area is 118 Å². The zero-order chi connectivity index (χ0) is 14.7. The lowest BCUT2D eigenvalue weighted by molar-refractivity contribution is 0.0947. The van der Waals surface area contributed by atoms with E-state index in [-0.39, 0.29) is 5.91 Å². The summed E-state index contributed by atoms with van der Waals surface area (Å²) in [7, 11) is 1.86. The zero-order valence-corrected chi connectivity index (χ0v) is 12.2. The van der Waals surface area contributed by atoms with Crippen molar-refractivity contribution in [3.63, 3.8) is 0 Å². The Bertz CT molecular complexity index is 613. The van der Waals surface area contributed by atoms with Gasteiger partial charge in [0.1, 0.15) is 5.76 Å². The molecule has 1 amide bonds.